The molecule has 1 aromatic rings. The molecule has 2 N–H and O–H groups in total. The van der Waals surface area contributed by atoms with Crippen molar-refractivity contribution in [2.24, 2.45) is 0 Å². The molecule has 0 unspecified atom stereocenters. The van der Waals surface area contributed by atoms with E-state index in [9.17, 15) is 8.42 Å². The molecule has 5 nitrogen and oxygen atoms in total. The Balaban J connectivity index is 3.06. The molecular weight excluding hydrogens is 196 g/mol. The highest BCUT2D eigenvalue weighted by Crippen LogP contribution is 2.16. The van der Waals surface area contributed by atoms with E-state index < -0.39 is 16.9 Å². The van der Waals surface area contributed by atoms with Crippen molar-refractivity contribution < 1.29 is 22.8 Å². The topological polar surface area (TPSA) is 83.8 Å². The third kappa shape index (κ3) is 2.69. The van der Waals surface area contributed by atoms with E-state index in [2.05, 4.69) is 4.74 Å². The van der Waals surface area contributed by atoms with Crippen LogP contribution in [0.3, 0.4) is 0 Å². The summed E-state index contributed by atoms with van der Waals surface area (Å²) < 4.78 is 34.5. The highest BCUT2D eigenvalue weighted by atomic mass is 32.2. The van der Waals surface area contributed by atoms with E-state index in [1.165, 1.54) is 18.2 Å². The van der Waals surface area contributed by atoms with E-state index in [0.717, 1.165) is 6.07 Å². The largest absolute Gasteiger partial charge is 0.468 e. The zero-order valence-corrected chi connectivity index (χ0v) is 7.36. The fourth-order valence-corrected chi connectivity index (χ4v) is 1.31. The highest BCUT2D eigenvalue weighted by molar-refractivity contribution is 7.85. The first-order valence-corrected chi connectivity index (χ1v) is 4.79. The predicted octanol–water partition coefficient (Wildman–Crippen LogP) is 0.262. The zero-order chi connectivity index (χ0) is 9.90. The summed E-state index contributed by atoms with van der Waals surface area (Å²) in [5, 5.41) is 8.38. The molecule has 0 aromatic heterocycles. The summed E-state index contributed by atoms with van der Waals surface area (Å²) in [6.45, 7) is -0.547. The fourth-order valence-electron chi connectivity index (χ4n) is 0.799. The molecule has 0 saturated heterocycles. The van der Waals surface area contributed by atoms with Gasteiger partial charge in [0.1, 0.15) is 5.75 Å². The van der Waals surface area contributed by atoms with E-state index in [1.807, 2.05) is 0 Å². The lowest BCUT2D eigenvalue weighted by molar-refractivity contribution is 0.0983. The molecule has 6 heteroatoms. The molecule has 0 aliphatic rings. The molecule has 1 rings (SSSR count). The van der Waals surface area contributed by atoms with E-state index in [4.69, 9.17) is 9.66 Å². The van der Waals surface area contributed by atoms with Crippen LogP contribution < -0.4 is 4.74 Å². The number of benzene rings is 1. The molecule has 0 radical (unpaired) electrons. The quantitative estimate of drug-likeness (QED) is 0.545. The summed E-state index contributed by atoms with van der Waals surface area (Å²) in [7, 11) is -4.21. The molecule has 0 bridgehead atoms. The van der Waals surface area contributed by atoms with Crippen molar-refractivity contribution in [3.8, 4) is 5.75 Å². The first-order chi connectivity index (χ1) is 6.04. The van der Waals surface area contributed by atoms with Crippen LogP contribution in [0.25, 0.3) is 0 Å². The Hall–Kier alpha value is -1.11. The van der Waals surface area contributed by atoms with Gasteiger partial charge < -0.3 is 9.84 Å². The average molecular weight is 204 g/mol. The van der Waals surface area contributed by atoms with Crippen LogP contribution in [0.1, 0.15) is 0 Å². The van der Waals surface area contributed by atoms with Crippen molar-refractivity contribution in [2.75, 3.05) is 6.79 Å². The van der Waals surface area contributed by atoms with Crippen LogP contribution in [0.15, 0.2) is 29.2 Å². The molecule has 0 spiro atoms. The maximum absolute atomic E-state index is 10.6. The fraction of sp³-hybridized carbons (Fsp3) is 0.143. The summed E-state index contributed by atoms with van der Waals surface area (Å²) in [5.41, 5.74) is 0. The van der Waals surface area contributed by atoms with Gasteiger partial charge in [0.2, 0.25) is 0 Å². The highest BCUT2D eigenvalue weighted by Gasteiger charge is 2.09. The lowest BCUT2D eigenvalue weighted by Crippen LogP contribution is -2.00. The standard InChI is InChI=1S/C7H8O5S/c8-5-12-6-2-1-3-7(4-6)13(9,10)11/h1-4,8H,5H2,(H,9,10,11). The Morgan fingerprint density at radius 3 is 2.62 bits per heavy atom. The number of aliphatic hydroxyl groups is 1. The van der Waals surface area contributed by atoms with Gasteiger partial charge in [-0.3, -0.25) is 4.55 Å². The lowest BCUT2D eigenvalue weighted by Gasteiger charge is -2.02. The maximum atomic E-state index is 10.6. The minimum absolute atomic E-state index is 0.178. The van der Waals surface area contributed by atoms with Crippen LogP contribution in [-0.2, 0) is 10.1 Å². The second-order valence-corrected chi connectivity index (χ2v) is 3.64. The maximum Gasteiger partial charge on any atom is 0.294 e. The van der Waals surface area contributed by atoms with Crippen LogP contribution in [0, 0.1) is 0 Å². The van der Waals surface area contributed by atoms with Crippen LogP contribution >= 0.6 is 0 Å². The Morgan fingerprint density at radius 2 is 2.08 bits per heavy atom. The molecule has 0 aliphatic heterocycles. The van der Waals surface area contributed by atoms with E-state index >= 15 is 0 Å². The minimum Gasteiger partial charge on any atom is -0.468 e. The summed E-state index contributed by atoms with van der Waals surface area (Å²) in [4.78, 5) is -0.265. The normalized spacial score (nSPS) is 11.2. The molecular formula is C7H8O5S. The van der Waals surface area contributed by atoms with E-state index in [0.29, 0.717) is 0 Å². The number of hydrogen-bond acceptors (Lipinski definition) is 4. The monoisotopic (exact) mass is 204 g/mol. The second kappa shape index (κ2) is 3.73. The number of ether oxygens (including phenoxy) is 1. The number of rotatable bonds is 3. The molecule has 13 heavy (non-hydrogen) atoms. The molecule has 0 saturated carbocycles. The first-order valence-electron chi connectivity index (χ1n) is 3.35. The van der Waals surface area contributed by atoms with Gasteiger partial charge >= 0.3 is 0 Å². The lowest BCUT2D eigenvalue weighted by atomic mass is 10.3. The average Bonchev–Trinajstić information content (AvgIpc) is 2.04. The van der Waals surface area contributed by atoms with Gasteiger partial charge in [0.05, 0.1) is 4.90 Å². The van der Waals surface area contributed by atoms with Gasteiger partial charge in [-0.05, 0) is 12.1 Å². The van der Waals surface area contributed by atoms with Crippen molar-refractivity contribution >= 4 is 10.1 Å². The van der Waals surface area contributed by atoms with Gasteiger partial charge in [0.25, 0.3) is 10.1 Å². The SMILES string of the molecule is O=S(=O)(O)c1cccc(OCO)c1. The second-order valence-electron chi connectivity index (χ2n) is 2.22. The molecule has 0 fully saturated rings. The molecule has 72 valence electrons. The van der Waals surface area contributed by atoms with Gasteiger partial charge in [0, 0.05) is 6.07 Å². The van der Waals surface area contributed by atoms with E-state index in [1.54, 1.807) is 0 Å². The summed E-state index contributed by atoms with van der Waals surface area (Å²) in [6.07, 6.45) is 0. The Morgan fingerprint density at radius 1 is 1.38 bits per heavy atom. The molecule has 0 amide bonds. The number of aliphatic hydroxyl groups excluding tert-OH is 1. The van der Waals surface area contributed by atoms with Crippen molar-refractivity contribution in [2.45, 2.75) is 4.90 Å². The van der Waals surface area contributed by atoms with Gasteiger partial charge in [-0.2, -0.15) is 8.42 Å². The van der Waals surface area contributed by atoms with Crippen molar-refractivity contribution in [1.82, 2.24) is 0 Å². The summed E-state index contributed by atoms with van der Waals surface area (Å²) in [5.74, 6) is 0.178. The van der Waals surface area contributed by atoms with Gasteiger partial charge in [-0.15, -0.1) is 0 Å². The summed E-state index contributed by atoms with van der Waals surface area (Å²) in [6, 6.07) is 5.20. The van der Waals surface area contributed by atoms with Crippen LogP contribution in [0.4, 0.5) is 0 Å². The first kappa shape index (κ1) is 9.97. The van der Waals surface area contributed by atoms with Crippen molar-refractivity contribution in [3.05, 3.63) is 24.3 Å². The van der Waals surface area contributed by atoms with E-state index in [-0.39, 0.29) is 10.6 Å². The predicted molar refractivity (Wildman–Crippen MR) is 44.0 cm³/mol. The van der Waals surface area contributed by atoms with Crippen LogP contribution in [0.2, 0.25) is 0 Å². The minimum atomic E-state index is -4.21. The Bertz CT molecular complexity index is 384. The summed E-state index contributed by atoms with van der Waals surface area (Å²) >= 11 is 0. The zero-order valence-electron chi connectivity index (χ0n) is 6.54. The van der Waals surface area contributed by atoms with Gasteiger partial charge in [0.15, 0.2) is 6.79 Å². The van der Waals surface area contributed by atoms with Gasteiger partial charge in [-0.1, -0.05) is 6.07 Å². The Kier molecular flexibility index (Phi) is 2.86. The molecule has 0 atom stereocenters. The van der Waals surface area contributed by atoms with Crippen LogP contribution in [-0.4, -0.2) is 24.9 Å². The molecule has 1 aromatic carbocycles. The smallest absolute Gasteiger partial charge is 0.294 e. The van der Waals surface area contributed by atoms with Gasteiger partial charge in [-0.25, -0.2) is 0 Å². The van der Waals surface area contributed by atoms with Crippen molar-refractivity contribution in [3.63, 3.8) is 0 Å². The third-order valence-electron chi connectivity index (χ3n) is 1.33. The Labute approximate surface area is 75.3 Å². The number of hydrogen-bond donors (Lipinski definition) is 2. The van der Waals surface area contributed by atoms with Crippen molar-refractivity contribution in [1.29, 1.82) is 0 Å². The third-order valence-corrected chi connectivity index (χ3v) is 2.18. The molecule has 0 heterocycles. The van der Waals surface area contributed by atoms with Crippen LogP contribution in [0.5, 0.6) is 5.75 Å². The molecule has 0 aliphatic carbocycles.